The van der Waals surface area contributed by atoms with Gasteiger partial charge in [0.05, 0.1) is 12.1 Å². The molecule has 0 amide bonds. The van der Waals surface area contributed by atoms with Crippen molar-refractivity contribution in [2.24, 2.45) is 0 Å². The van der Waals surface area contributed by atoms with Crippen molar-refractivity contribution in [3.8, 4) is 0 Å². The first kappa shape index (κ1) is 15.2. The zero-order chi connectivity index (χ0) is 14.8. The second-order valence-corrected chi connectivity index (χ2v) is 6.73. The molecular formula is C12H17ClN4O2S. The van der Waals surface area contributed by atoms with E-state index in [0.717, 1.165) is 28.9 Å². The highest BCUT2D eigenvalue weighted by molar-refractivity contribution is 7.88. The first-order valence-electron chi connectivity index (χ1n) is 6.24. The molecule has 0 atom stereocenters. The number of sulfonamides is 1. The Bertz CT molecular complexity index is 712. The van der Waals surface area contributed by atoms with E-state index in [4.69, 9.17) is 11.6 Å². The Balaban J connectivity index is 2.17. The lowest BCUT2D eigenvalue weighted by molar-refractivity contribution is 0.574. The molecule has 0 saturated carbocycles. The van der Waals surface area contributed by atoms with Gasteiger partial charge in [-0.25, -0.2) is 23.1 Å². The number of nitrogens with zero attached hydrogens (tertiary/aromatic N) is 3. The maximum Gasteiger partial charge on any atom is 0.208 e. The largest absolute Gasteiger partial charge is 0.312 e. The Morgan fingerprint density at radius 1 is 1.35 bits per heavy atom. The fourth-order valence-electron chi connectivity index (χ4n) is 1.97. The number of nitrogens with one attached hydrogen (secondary N) is 1. The highest BCUT2D eigenvalue weighted by Gasteiger charge is 2.11. The van der Waals surface area contributed by atoms with Gasteiger partial charge in [-0.05, 0) is 25.5 Å². The van der Waals surface area contributed by atoms with E-state index in [0.29, 0.717) is 25.4 Å². The first-order chi connectivity index (χ1) is 9.40. The van der Waals surface area contributed by atoms with Crippen molar-refractivity contribution >= 4 is 32.8 Å². The highest BCUT2D eigenvalue weighted by atomic mass is 35.5. The SMILES string of the molecule is Cc1ccc2nc(CCl)n(CCCNS(C)(=O)=O)c2n1. The smallest absolute Gasteiger partial charge is 0.208 e. The normalized spacial score (nSPS) is 12.2. The molecule has 0 aliphatic heterocycles. The third-order valence-corrected chi connectivity index (χ3v) is 3.82. The van der Waals surface area contributed by atoms with Gasteiger partial charge in [0.15, 0.2) is 5.65 Å². The van der Waals surface area contributed by atoms with Gasteiger partial charge in [0.25, 0.3) is 0 Å². The summed E-state index contributed by atoms with van der Waals surface area (Å²) in [4.78, 5) is 8.90. The second-order valence-electron chi connectivity index (χ2n) is 4.63. The number of pyridine rings is 1. The van der Waals surface area contributed by atoms with Crippen LogP contribution >= 0.6 is 11.6 Å². The summed E-state index contributed by atoms with van der Waals surface area (Å²) in [6.45, 7) is 2.92. The number of rotatable bonds is 6. The van der Waals surface area contributed by atoms with Gasteiger partial charge in [-0.1, -0.05) is 0 Å². The first-order valence-corrected chi connectivity index (χ1v) is 8.66. The predicted molar refractivity (Wildman–Crippen MR) is 79.3 cm³/mol. The number of alkyl halides is 1. The minimum Gasteiger partial charge on any atom is -0.312 e. The van der Waals surface area contributed by atoms with Crippen LogP contribution in [-0.4, -0.2) is 35.8 Å². The Morgan fingerprint density at radius 3 is 2.75 bits per heavy atom. The summed E-state index contributed by atoms with van der Waals surface area (Å²) in [5.74, 6) is 1.05. The zero-order valence-corrected chi connectivity index (χ0v) is 13.0. The monoisotopic (exact) mass is 316 g/mol. The molecule has 20 heavy (non-hydrogen) atoms. The number of aryl methyl sites for hydroxylation is 2. The fourth-order valence-corrected chi connectivity index (χ4v) is 2.69. The molecule has 0 fully saturated rings. The van der Waals surface area contributed by atoms with Gasteiger partial charge in [-0.15, -0.1) is 11.6 Å². The van der Waals surface area contributed by atoms with Crippen molar-refractivity contribution in [1.29, 1.82) is 0 Å². The molecule has 0 radical (unpaired) electrons. The van der Waals surface area contributed by atoms with E-state index >= 15 is 0 Å². The lowest BCUT2D eigenvalue weighted by Crippen LogP contribution is -2.24. The summed E-state index contributed by atoms with van der Waals surface area (Å²) in [6.07, 6.45) is 1.80. The number of imidazole rings is 1. The topological polar surface area (TPSA) is 76.9 Å². The molecule has 0 bridgehead atoms. The van der Waals surface area contributed by atoms with E-state index in [1.165, 1.54) is 0 Å². The molecule has 8 heteroatoms. The second kappa shape index (κ2) is 6.07. The van der Waals surface area contributed by atoms with Crippen LogP contribution in [0.15, 0.2) is 12.1 Å². The average molecular weight is 317 g/mol. The van der Waals surface area contributed by atoms with Crippen LogP contribution in [0.4, 0.5) is 0 Å². The molecule has 0 aliphatic rings. The number of halogens is 1. The van der Waals surface area contributed by atoms with Crippen LogP contribution in [-0.2, 0) is 22.4 Å². The number of hydrogen-bond acceptors (Lipinski definition) is 4. The molecule has 0 saturated heterocycles. The van der Waals surface area contributed by atoms with Crippen LogP contribution < -0.4 is 4.72 Å². The Kier molecular flexibility index (Phi) is 4.62. The molecule has 2 aromatic rings. The molecule has 0 spiro atoms. The van der Waals surface area contributed by atoms with Gasteiger partial charge in [0, 0.05) is 18.8 Å². The van der Waals surface area contributed by atoms with Crippen molar-refractivity contribution in [3.63, 3.8) is 0 Å². The summed E-state index contributed by atoms with van der Waals surface area (Å²) < 4.78 is 26.4. The molecule has 2 aromatic heterocycles. The number of aromatic nitrogens is 3. The van der Waals surface area contributed by atoms with Crippen LogP contribution in [0, 0.1) is 6.92 Å². The van der Waals surface area contributed by atoms with Crippen LogP contribution in [0.3, 0.4) is 0 Å². The minimum atomic E-state index is -3.15. The molecule has 2 heterocycles. The van der Waals surface area contributed by atoms with Gasteiger partial charge >= 0.3 is 0 Å². The van der Waals surface area contributed by atoms with Crippen molar-refractivity contribution in [2.45, 2.75) is 25.8 Å². The third kappa shape index (κ3) is 3.68. The fraction of sp³-hybridized carbons (Fsp3) is 0.500. The van der Waals surface area contributed by atoms with E-state index in [9.17, 15) is 8.42 Å². The summed E-state index contributed by atoms with van der Waals surface area (Å²) in [7, 11) is -3.15. The van der Waals surface area contributed by atoms with E-state index in [1.54, 1.807) is 0 Å². The highest BCUT2D eigenvalue weighted by Crippen LogP contribution is 2.16. The zero-order valence-electron chi connectivity index (χ0n) is 11.4. The van der Waals surface area contributed by atoms with Crippen molar-refractivity contribution in [2.75, 3.05) is 12.8 Å². The molecule has 0 unspecified atom stereocenters. The van der Waals surface area contributed by atoms with E-state index in [-0.39, 0.29) is 0 Å². The molecular weight excluding hydrogens is 300 g/mol. The summed E-state index contributed by atoms with van der Waals surface area (Å²) >= 11 is 5.91. The molecule has 0 aliphatic carbocycles. The van der Waals surface area contributed by atoms with Crippen molar-refractivity contribution in [3.05, 3.63) is 23.7 Å². The summed E-state index contributed by atoms with van der Waals surface area (Å²) in [5, 5.41) is 0. The van der Waals surface area contributed by atoms with Gasteiger partial charge in [-0.3, -0.25) is 0 Å². The van der Waals surface area contributed by atoms with Gasteiger partial charge in [-0.2, -0.15) is 0 Å². The Morgan fingerprint density at radius 2 is 2.10 bits per heavy atom. The van der Waals surface area contributed by atoms with E-state index < -0.39 is 10.0 Å². The Hall–Kier alpha value is -1.18. The molecule has 0 aromatic carbocycles. The average Bonchev–Trinajstić information content (AvgIpc) is 2.71. The standard InChI is InChI=1S/C12H17ClN4O2S/c1-9-4-5-10-12(15-9)17(11(8-13)16-10)7-3-6-14-20(2,18)19/h4-5,14H,3,6-8H2,1-2H3. The van der Waals surface area contributed by atoms with Gasteiger partial charge < -0.3 is 4.57 Å². The number of hydrogen-bond donors (Lipinski definition) is 1. The summed E-state index contributed by atoms with van der Waals surface area (Å²) in [6, 6.07) is 3.82. The predicted octanol–water partition coefficient (Wildman–Crippen LogP) is 1.42. The van der Waals surface area contributed by atoms with Crippen LogP contribution in [0.1, 0.15) is 17.9 Å². The lowest BCUT2D eigenvalue weighted by Gasteiger charge is -2.07. The Labute approximate surface area is 123 Å². The minimum absolute atomic E-state index is 0.301. The molecule has 1 N–H and O–H groups in total. The lowest BCUT2D eigenvalue weighted by atomic mass is 10.3. The van der Waals surface area contributed by atoms with Crippen molar-refractivity contribution < 1.29 is 8.42 Å². The molecule has 2 rings (SSSR count). The molecule has 110 valence electrons. The molecule has 6 nitrogen and oxygen atoms in total. The third-order valence-electron chi connectivity index (χ3n) is 2.85. The van der Waals surface area contributed by atoms with E-state index in [2.05, 4.69) is 14.7 Å². The quantitative estimate of drug-likeness (QED) is 0.646. The van der Waals surface area contributed by atoms with Gasteiger partial charge in [0.1, 0.15) is 11.3 Å². The van der Waals surface area contributed by atoms with Crippen LogP contribution in [0.2, 0.25) is 0 Å². The van der Waals surface area contributed by atoms with Crippen molar-refractivity contribution in [1.82, 2.24) is 19.3 Å². The maximum atomic E-state index is 11.0. The van der Waals surface area contributed by atoms with E-state index in [1.807, 2.05) is 23.6 Å². The van der Waals surface area contributed by atoms with Crippen LogP contribution in [0.25, 0.3) is 11.2 Å². The maximum absolute atomic E-state index is 11.0. The summed E-state index contributed by atoms with van der Waals surface area (Å²) in [5.41, 5.74) is 2.51. The van der Waals surface area contributed by atoms with Crippen LogP contribution in [0.5, 0.6) is 0 Å². The van der Waals surface area contributed by atoms with Gasteiger partial charge in [0.2, 0.25) is 10.0 Å². The number of fused-ring (bicyclic) bond motifs is 1.